The van der Waals surface area contributed by atoms with Crippen LogP contribution in [0.3, 0.4) is 0 Å². The topological polar surface area (TPSA) is 99.1 Å². The average molecular weight is 379 g/mol. The number of rotatable bonds is 3. The predicted octanol–water partition coefficient (Wildman–Crippen LogP) is 2.88. The van der Waals surface area contributed by atoms with Crippen molar-refractivity contribution in [3.8, 4) is 0 Å². The molecule has 1 aliphatic heterocycles. The quantitative estimate of drug-likeness (QED) is 0.371. The van der Waals surface area contributed by atoms with Crippen molar-refractivity contribution in [2.24, 2.45) is 11.1 Å². The van der Waals surface area contributed by atoms with Crippen molar-refractivity contribution in [2.45, 2.75) is 27.7 Å². The maximum absolute atomic E-state index is 12.9. The fourth-order valence-corrected chi connectivity index (χ4v) is 3.06. The lowest BCUT2D eigenvalue weighted by atomic mass is 10.0. The number of anilines is 2. The second kappa shape index (κ2) is 7.26. The largest absolute Gasteiger partial charge is 0.410 e. The molecule has 1 fully saturated rings. The highest BCUT2D eigenvalue weighted by atomic mass is 16.4. The molecule has 1 heterocycles. The standard InChI is InChI=1S/C21H21N3O4/c1-11-5-7-15(9-13(11)3)22-19(25)17-18(23-28)21(27)24(20(17)26)16-8-6-12(2)14(4)10-16/h5-10,17,28H,1-4H3,(H,22,25)/b23-18-/t17-/m1/s1. The molecule has 0 saturated carbocycles. The van der Waals surface area contributed by atoms with Crippen LogP contribution in [0.5, 0.6) is 0 Å². The summed E-state index contributed by atoms with van der Waals surface area (Å²) in [4.78, 5) is 39.1. The molecule has 1 atom stereocenters. The lowest BCUT2D eigenvalue weighted by Crippen LogP contribution is -2.34. The zero-order valence-electron chi connectivity index (χ0n) is 16.1. The highest BCUT2D eigenvalue weighted by Crippen LogP contribution is 2.28. The first kappa shape index (κ1) is 19.3. The molecule has 7 heteroatoms. The Kier molecular flexibility index (Phi) is 5.00. The van der Waals surface area contributed by atoms with Crippen molar-refractivity contribution in [3.05, 3.63) is 58.7 Å². The van der Waals surface area contributed by atoms with Gasteiger partial charge in [0, 0.05) is 5.69 Å². The maximum atomic E-state index is 12.9. The first-order valence-electron chi connectivity index (χ1n) is 8.80. The Balaban J connectivity index is 1.93. The monoisotopic (exact) mass is 379 g/mol. The van der Waals surface area contributed by atoms with E-state index in [1.807, 2.05) is 33.8 Å². The predicted molar refractivity (Wildman–Crippen MR) is 106 cm³/mol. The fourth-order valence-electron chi connectivity index (χ4n) is 3.06. The molecule has 2 aromatic carbocycles. The summed E-state index contributed by atoms with van der Waals surface area (Å²) in [5, 5.41) is 14.9. The molecule has 1 aliphatic rings. The van der Waals surface area contributed by atoms with E-state index in [2.05, 4.69) is 10.5 Å². The number of hydrogen-bond acceptors (Lipinski definition) is 5. The third kappa shape index (κ3) is 3.26. The van der Waals surface area contributed by atoms with Gasteiger partial charge < -0.3 is 10.5 Å². The van der Waals surface area contributed by atoms with Crippen LogP contribution in [0.15, 0.2) is 41.6 Å². The van der Waals surface area contributed by atoms with Gasteiger partial charge in [-0.15, -0.1) is 0 Å². The van der Waals surface area contributed by atoms with Crippen LogP contribution in [-0.4, -0.2) is 28.6 Å². The lowest BCUT2D eigenvalue weighted by molar-refractivity contribution is -0.127. The van der Waals surface area contributed by atoms with Crippen LogP contribution in [0.4, 0.5) is 11.4 Å². The van der Waals surface area contributed by atoms with Crippen LogP contribution >= 0.6 is 0 Å². The second-order valence-corrected chi connectivity index (χ2v) is 6.95. The number of carbonyl (C=O) groups is 3. The number of nitrogens with zero attached hydrogens (tertiary/aromatic N) is 2. The van der Waals surface area contributed by atoms with Gasteiger partial charge in [-0.3, -0.25) is 14.4 Å². The number of aryl methyl sites for hydroxylation is 4. The minimum Gasteiger partial charge on any atom is -0.410 e. The molecule has 144 valence electrons. The molecule has 3 rings (SSSR count). The summed E-state index contributed by atoms with van der Waals surface area (Å²) < 4.78 is 0. The van der Waals surface area contributed by atoms with Crippen molar-refractivity contribution >= 4 is 34.8 Å². The number of benzene rings is 2. The van der Waals surface area contributed by atoms with Crippen LogP contribution in [0.2, 0.25) is 0 Å². The van der Waals surface area contributed by atoms with Gasteiger partial charge in [0.2, 0.25) is 5.91 Å². The summed E-state index contributed by atoms with van der Waals surface area (Å²) in [6.07, 6.45) is 0. The zero-order chi connectivity index (χ0) is 20.6. The van der Waals surface area contributed by atoms with Gasteiger partial charge in [0.15, 0.2) is 11.6 Å². The van der Waals surface area contributed by atoms with Gasteiger partial charge in [-0.1, -0.05) is 17.3 Å². The molecule has 0 aliphatic carbocycles. The van der Waals surface area contributed by atoms with Crippen molar-refractivity contribution in [3.63, 3.8) is 0 Å². The van der Waals surface area contributed by atoms with E-state index in [-0.39, 0.29) is 0 Å². The van der Waals surface area contributed by atoms with Gasteiger partial charge in [0.1, 0.15) is 0 Å². The summed E-state index contributed by atoms with van der Waals surface area (Å²) in [5.41, 5.74) is 4.26. The van der Waals surface area contributed by atoms with Crippen LogP contribution < -0.4 is 10.2 Å². The maximum Gasteiger partial charge on any atom is 0.284 e. The van der Waals surface area contributed by atoms with Crippen molar-refractivity contribution in [1.82, 2.24) is 0 Å². The highest BCUT2D eigenvalue weighted by molar-refractivity contribution is 6.61. The highest BCUT2D eigenvalue weighted by Gasteiger charge is 2.50. The van der Waals surface area contributed by atoms with Crippen LogP contribution in [0.1, 0.15) is 22.3 Å². The van der Waals surface area contributed by atoms with E-state index in [0.717, 1.165) is 27.2 Å². The molecule has 0 radical (unpaired) electrons. The van der Waals surface area contributed by atoms with E-state index in [0.29, 0.717) is 11.4 Å². The van der Waals surface area contributed by atoms with Crippen molar-refractivity contribution < 1.29 is 19.6 Å². The molecule has 0 bridgehead atoms. The number of oxime groups is 1. The summed E-state index contributed by atoms with van der Waals surface area (Å²) in [6.45, 7) is 7.61. The van der Waals surface area contributed by atoms with Crippen molar-refractivity contribution in [2.75, 3.05) is 10.2 Å². The number of imide groups is 1. The molecule has 0 spiro atoms. The summed E-state index contributed by atoms with van der Waals surface area (Å²) in [5.74, 6) is -3.79. The number of nitrogens with one attached hydrogen (secondary N) is 1. The molecular weight excluding hydrogens is 358 g/mol. The summed E-state index contributed by atoms with van der Waals surface area (Å²) in [7, 11) is 0. The van der Waals surface area contributed by atoms with Gasteiger partial charge in [0.25, 0.3) is 11.8 Å². The van der Waals surface area contributed by atoms with Gasteiger partial charge in [0.05, 0.1) is 5.69 Å². The SMILES string of the molecule is Cc1ccc(NC(=O)[C@@H]2C(=O)N(c3ccc(C)c(C)c3)C(=O)/C2=N\O)cc1C. The van der Waals surface area contributed by atoms with Gasteiger partial charge >= 0.3 is 0 Å². The van der Waals surface area contributed by atoms with E-state index < -0.39 is 29.4 Å². The fraction of sp³-hybridized carbons (Fsp3) is 0.238. The van der Waals surface area contributed by atoms with Crippen molar-refractivity contribution in [1.29, 1.82) is 0 Å². The van der Waals surface area contributed by atoms with E-state index in [1.54, 1.807) is 30.3 Å². The Labute approximate surface area is 162 Å². The molecule has 0 unspecified atom stereocenters. The van der Waals surface area contributed by atoms with Gasteiger partial charge in [-0.25, -0.2) is 4.90 Å². The van der Waals surface area contributed by atoms with E-state index in [9.17, 15) is 19.6 Å². The number of carbonyl (C=O) groups excluding carboxylic acids is 3. The Morgan fingerprint density at radius 1 is 0.964 bits per heavy atom. The van der Waals surface area contributed by atoms with E-state index in [1.165, 1.54) is 0 Å². The molecule has 0 aromatic heterocycles. The Morgan fingerprint density at radius 3 is 2.14 bits per heavy atom. The smallest absolute Gasteiger partial charge is 0.284 e. The zero-order valence-corrected chi connectivity index (χ0v) is 16.1. The summed E-state index contributed by atoms with van der Waals surface area (Å²) in [6, 6.07) is 10.4. The van der Waals surface area contributed by atoms with Crippen LogP contribution in [0, 0.1) is 33.6 Å². The Hall–Kier alpha value is -3.48. The third-order valence-electron chi connectivity index (χ3n) is 5.06. The molecule has 28 heavy (non-hydrogen) atoms. The third-order valence-corrected chi connectivity index (χ3v) is 5.06. The molecule has 7 nitrogen and oxygen atoms in total. The normalized spacial score (nSPS) is 18.1. The van der Waals surface area contributed by atoms with Gasteiger partial charge in [-0.2, -0.15) is 0 Å². The minimum absolute atomic E-state index is 0.334. The first-order chi connectivity index (χ1) is 13.2. The number of hydrogen-bond donors (Lipinski definition) is 2. The molecular formula is C21H21N3O4. The Morgan fingerprint density at radius 2 is 1.57 bits per heavy atom. The molecule has 1 saturated heterocycles. The lowest BCUT2D eigenvalue weighted by Gasteiger charge is -2.15. The Bertz CT molecular complexity index is 1030. The van der Waals surface area contributed by atoms with E-state index in [4.69, 9.17) is 0 Å². The van der Waals surface area contributed by atoms with Crippen LogP contribution in [0.25, 0.3) is 0 Å². The molecule has 3 amide bonds. The van der Waals surface area contributed by atoms with Crippen LogP contribution in [-0.2, 0) is 14.4 Å². The van der Waals surface area contributed by atoms with Gasteiger partial charge in [-0.05, 0) is 74.2 Å². The minimum atomic E-state index is -1.51. The molecule has 2 aromatic rings. The van der Waals surface area contributed by atoms with E-state index >= 15 is 0 Å². The molecule has 2 N–H and O–H groups in total. The summed E-state index contributed by atoms with van der Waals surface area (Å²) >= 11 is 0. The second-order valence-electron chi connectivity index (χ2n) is 6.95. The number of amides is 3. The average Bonchev–Trinajstić information content (AvgIpc) is 2.90. The first-order valence-corrected chi connectivity index (χ1v) is 8.80.